The zero-order chi connectivity index (χ0) is 16.7. The first kappa shape index (κ1) is 17.5. The number of allylic oxidation sites excluding steroid dienone is 1. The molecule has 1 unspecified atom stereocenters. The van der Waals surface area contributed by atoms with E-state index in [0.717, 1.165) is 18.0 Å². The predicted octanol–water partition coefficient (Wildman–Crippen LogP) is 5.39. The van der Waals surface area contributed by atoms with E-state index in [1.165, 1.54) is 43.4 Å². The first-order chi connectivity index (χ1) is 11.1. The maximum Gasteiger partial charge on any atom is 0.0607 e. The number of hydrazone groups is 1. The average molecular weight is 310 g/mol. The Kier molecular flexibility index (Phi) is 6.64. The van der Waals surface area contributed by atoms with Crippen molar-refractivity contribution in [1.82, 2.24) is 5.01 Å². The van der Waals surface area contributed by atoms with Crippen LogP contribution in [0.2, 0.25) is 0 Å². The fourth-order valence-corrected chi connectivity index (χ4v) is 3.61. The molecule has 2 heteroatoms. The zero-order valence-corrected chi connectivity index (χ0v) is 14.7. The highest BCUT2D eigenvalue weighted by molar-refractivity contribution is 5.86. The van der Waals surface area contributed by atoms with Gasteiger partial charge >= 0.3 is 0 Å². The molecule has 1 aliphatic carbocycles. The minimum absolute atomic E-state index is 0.405. The van der Waals surface area contributed by atoms with Gasteiger partial charge < -0.3 is 0 Å². The van der Waals surface area contributed by atoms with Gasteiger partial charge in [-0.15, -0.1) is 6.58 Å². The Hall–Kier alpha value is -1.83. The van der Waals surface area contributed by atoms with E-state index >= 15 is 0 Å². The third-order valence-corrected chi connectivity index (χ3v) is 4.82. The van der Waals surface area contributed by atoms with E-state index in [2.05, 4.69) is 38.3 Å². The van der Waals surface area contributed by atoms with Crippen LogP contribution in [0.15, 0.2) is 54.7 Å². The molecule has 1 aromatic rings. The quantitative estimate of drug-likeness (QED) is 0.374. The van der Waals surface area contributed by atoms with Gasteiger partial charge in [0.2, 0.25) is 0 Å². The Bertz CT molecular complexity index is 538. The Labute approximate surface area is 141 Å². The molecule has 1 fully saturated rings. The van der Waals surface area contributed by atoms with Crippen molar-refractivity contribution >= 4 is 11.3 Å². The Morgan fingerprint density at radius 1 is 1.26 bits per heavy atom. The molecule has 0 heterocycles. The van der Waals surface area contributed by atoms with Gasteiger partial charge in [0.1, 0.15) is 0 Å². The summed E-state index contributed by atoms with van der Waals surface area (Å²) in [6.45, 7) is 11.1. The van der Waals surface area contributed by atoms with Gasteiger partial charge in [-0.2, -0.15) is 5.10 Å². The molecule has 0 N–H and O–H groups in total. The van der Waals surface area contributed by atoms with Gasteiger partial charge in [0.15, 0.2) is 0 Å². The third-order valence-electron chi connectivity index (χ3n) is 4.82. The number of rotatable bonds is 7. The van der Waals surface area contributed by atoms with Crippen LogP contribution in [0.1, 0.15) is 44.6 Å². The lowest BCUT2D eigenvalue weighted by molar-refractivity contribution is 0.322. The number of benzene rings is 1. The van der Waals surface area contributed by atoms with Crippen LogP contribution in [0.5, 0.6) is 0 Å². The summed E-state index contributed by atoms with van der Waals surface area (Å²) in [7, 11) is 2.03. The summed E-state index contributed by atoms with van der Waals surface area (Å²) < 4.78 is 0. The summed E-state index contributed by atoms with van der Waals surface area (Å²) in [5.41, 5.74) is 3.45. The summed E-state index contributed by atoms with van der Waals surface area (Å²) in [6.07, 6.45) is 8.79. The summed E-state index contributed by atoms with van der Waals surface area (Å²) in [5, 5.41) is 6.81. The van der Waals surface area contributed by atoms with E-state index in [1.807, 2.05) is 30.3 Å². The third kappa shape index (κ3) is 5.09. The second-order valence-corrected chi connectivity index (χ2v) is 6.69. The molecule has 1 atom stereocenters. The van der Waals surface area contributed by atoms with Crippen molar-refractivity contribution in [1.29, 1.82) is 0 Å². The van der Waals surface area contributed by atoms with Crippen LogP contribution >= 0.6 is 0 Å². The number of nitrogens with zero attached hydrogens (tertiary/aromatic N) is 2. The van der Waals surface area contributed by atoms with Crippen molar-refractivity contribution in [2.45, 2.75) is 39.0 Å². The lowest BCUT2D eigenvalue weighted by Crippen LogP contribution is -2.25. The molecule has 0 spiro atoms. The predicted molar refractivity (Wildman–Crippen MR) is 101 cm³/mol. The minimum atomic E-state index is 0.405. The van der Waals surface area contributed by atoms with Crippen molar-refractivity contribution in [3.63, 3.8) is 0 Å². The summed E-state index contributed by atoms with van der Waals surface area (Å²) in [5.74, 6) is 1.12. The fourth-order valence-electron chi connectivity index (χ4n) is 3.61. The number of likely N-dealkylation sites (N-methyl/N-ethyl adjacent to an activating group) is 1. The monoisotopic (exact) mass is 310 g/mol. The van der Waals surface area contributed by atoms with Crippen molar-refractivity contribution in [2.75, 3.05) is 13.6 Å². The Morgan fingerprint density at radius 3 is 2.52 bits per heavy atom. The molecule has 124 valence electrons. The van der Waals surface area contributed by atoms with Crippen LogP contribution in [0.4, 0.5) is 0 Å². The average Bonchev–Trinajstić information content (AvgIpc) is 2.57. The van der Waals surface area contributed by atoms with E-state index < -0.39 is 0 Å². The van der Waals surface area contributed by atoms with E-state index in [0.29, 0.717) is 5.92 Å². The smallest absolute Gasteiger partial charge is 0.0607 e. The van der Waals surface area contributed by atoms with Crippen molar-refractivity contribution in [3.8, 4) is 0 Å². The molecule has 2 rings (SSSR count). The van der Waals surface area contributed by atoms with Crippen molar-refractivity contribution < 1.29 is 0 Å². The molecule has 1 saturated carbocycles. The molecular formula is C21H30N2. The van der Waals surface area contributed by atoms with Gasteiger partial charge in [0, 0.05) is 18.7 Å². The SMILES string of the molecule is C=CC(/C(C)=N\N(C)CC(=C)c1ccccc1)C1CCCCC1. The van der Waals surface area contributed by atoms with Crippen LogP contribution in [0.3, 0.4) is 0 Å². The summed E-state index contributed by atoms with van der Waals surface area (Å²) >= 11 is 0. The molecule has 1 aromatic carbocycles. The maximum absolute atomic E-state index is 4.81. The standard InChI is InChI=1S/C21H30N2/c1-5-21(20-14-10-7-11-15-20)18(3)22-23(4)16-17(2)19-12-8-6-9-13-19/h5-6,8-9,12-13,20-21H,1-2,7,10-11,14-16H2,3-4H3/b22-18-. The van der Waals surface area contributed by atoms with Gasteiger partial charge in [-0.25, -0.2) is 0 Å². The summed E-state index contributed by atoms with van der Waals surface area (Å²) in [4.78, 5) is 0. The van der Waals surface area contributed by atoms with Crippen LogP contribution in [0.25, 0.3) is 5.57 Å². The first-order valence-electron chi connectivity index (χ1n) is 8.73. The second-order valence-electron chi connectivity index (χ2n) is 6.69. The van der Waals surface area contributed by atoms with Crippen molar-refractivity contribution in [2.24, 2.45) is 16.9 Å². The molecule has 0 radical (unpaired) electrons. The van der Waals surface area contributed by atoms with Crippen LogP contribution < -0.4 is 0 Å². The number of hydrogen-bond acceptors (Lipinski definition) is 2. The van der Waals surface area contributed by atoms with E-state index in [-0.39, 0.29) is 0 Å². The molecule has 0 aliphatic heterocycles. The highest BCUT2D eigenvalue weighted by atomic mass is 15.4. The summed E-state index contributed by atoms with van der Waals surface area (Å²) in [6, 6.07) is 10.3. The molecule has 2 nitrogen and oxygen atoms in total. The molecule has 0 bridgehead atoms. The van der Waals surface area contributed by atoms with E-state index in [4.69, 9.17) is 5.10 Å². The maximum atomic E-state index is 4.81. The van der Waals surface area contributed by atoms with Crippen LogP contribution in [0, 0.1) is 11.8 Å². The lowest BCUT2D eigenvalue weighted by Gasteiger charge is -2.29. The van der Waals surface area contributed by atoms with Gasteiger partial charge in [0.05, 0.1) is 6.54 Å². The highest BCUT2D eigenvalue weighted by Crippen LogP contribution is 2.31. The topological polar surface area (TPSA) is 15.6 Å². The van der Waals surface area contributed by atoms with E-state index in [9.17, 15) is 0 Å². The van der Waals surface area contributed by atoms with Gasteiger partial charge in [-0.05, 0) is 36.8 Å². The minimum Gasteiger partial charge on any atom is -0.296 e. The van der Waals surface area contributed by atoms with Crippen LogP contribution in [-0.2, 0) is 0 Å². The second kappa shape index (κ2) is 8.71. The van der Waals surface area contributed by atoms with Gasteiger partial charge in [-0.3, -0.25) is 5.01 Å². The first-order valence-corrected chi connectivity index (χ1v) is 8.73. The fraction of sp³-hybridized carbons (Fsp3) is 0.476. The number of hydrogen-bond donors (Lipinski definition) is 0. The molecule has 0 amide bonds. The lowest BCUT2D eigenvalue weighted by atomic mass is 9.78. The van der Waals surface area contributed by atoms with Crippen molar-refractivity contribution in [3.05, 3.63) is 55.1 Å². The van der Waals surface area contributed by atoms with Gasteiger partial charge in [-0.1, -0.05) is 62.2 Å². The molecule has 23 heavy (non-hydrogen) atoms. The molecule has 0 aromatic heterocycles. The normalized spacial score (nSPS) is 17.6. The van der Waals surface area contributed by atoms with E-state index in [1.54, 1.807) is 0 Å². The zero-order valence-electron chi connectivity index (χ0n) is 14.7. The molecule has 0 saturated heterocycles. The van der Waals surface area contributed by atoms with Crippen LogP contribution in [-0.4, -0.2) is 24.3 Å². The largest absolute Gasteiger partial charge is 0.296 e. The van der Waals surface area contributed by atoms with Gasteiger partial charge in [0.25, 0.3) is 0 Å². The Morgan fingerprint density at radius 2 is 1.91 bits per heavy atom. The molecule has 1 aliphatic rings. The molecular weight excluding hydrogens is 280 g/mol. The highest BCUT2D eigenvalue weighted by Gasteiger charge is 2.23. The Balaban J connectivity index is 1.97.